The lowest BCUT2D eigenvalue weighted by atomic mass is 9.94. The molecular formula is C21H24O3. The Hall–Kier alpha value is -2.10. The molecule has 0 spiro atoms. The smallest absolute Gasteiger partial charge is 0.120 e. The molecule has 3 heteroatoms. The van der Waals surface area contributed by atoms with Crippen molar-refractivity contribution in [3.8, 4) is 16.9 Å². The second-order valence-electron chi connectivity index (χ2n) is 6.26. The van der Waals surface area contributed by atoms with Crippen LogP contribution in [0.5, 0.6) is 5.75 Å². The van der Waals surface area contributed by atoms with Gasteiger partial charge in [-0.3, -0.25) is 0 Å². The van der Waals surface area contributed by atoms with Gasteiger partial charge in [0.2, 0.25) is 0 Å². The average Bonchev–Trinajstić information content (AvgIpc) is 2.60. The van der Waals surface area contributed by atoms with Gasteiger partial charge in [-0.25, -0.2) is 0 Å². The molecule has 0 amide bonds. The highest BCUT2D eigenvalue weighted by Crippen LogP contribution is 2.31. The minimum absolute atomic E-state index is 0.0585. The summed E-state index contributed by atoms with van der Waals surface area (Å²) in [6.07, 6.45) is 5.23. The first-order valence-corrected chi connectivity index (χ1v) is 8.38. The van der Waals surface area contributed by atoms with E-state index in [1.54, 1.807) is 0 Å². The summed E-state index contributed by atoms with van der Waals surface area (Å²) < 4.78 is 11.6. The van der Waals surface area contributed by atoms with E-state index in [9.17, 15) is 5.11 Å². The predicted molar refractivity (Wildman–Crippen MR) is 96.3 cm³/mol. The first-order valence-electron chi connectivity index (χ1n) is 8.38. The van der Waals surface area contributed by atoms with Crippen molar-refractivity contribution in [3.63, 3.8) is 0 Å². The van der Waals surface area contributed by atoms with E-state index in [4.69, 9.17) is 9.47 Å². The van der Waals surface area contributed by atoms with Crippen LogP contribution in [0.4, 0.5) is 0 Å². The van der Waals surface area contributed by atoms with Gasteiger partial charge in [0.05, 0.1) is 19.3 Å². The van der Waals surface area contributed by atoms with E-state index in [0.29, 0.717) is 13.2 Å². The molecule has 1 atom stereocenters. The summed E-state index contributed by atoms with van der Waals surface area (Å²) in [6, 6.07) is 12.2. The van der Waals surface area contributed by atoms with Gasteiger partial charge in [0.15, 0.2) is 0 Å². The van der Waals surface area contributed by atoms with Crippen molar-refractivity contribution < 1.29 is 14.6 Å². The number of aliphatic hydroxyl groups excluding tert-OH is 1. The maximum Gasteiger partial charge on any atom is 0.120 e. The van der Waals surface area contributed by atoms with Gasteiger partial charge < -0.3 is 14.6 Å². The summed E-state index contributed by atoms with van der Waals surface area (Å²) in [5.74, 6) is 0.880. The summed E-state index contributed by atoms with van der Waals surface area (Å²) in [7, 11) is 0. The lowest BCUT2D eigenvalue weighted by Crippen LogP contribution is -2.23. The summed E-state index contributed by atoms with van der Waals surface area (Å²) >= 11 is 0. The number of benzene rings is 2. The third kappa shape index (κ3) is 3.86. The second kappa shape index (κ2) is 7.65. The Morgan fingerprint density at radius 1 is 1.12 bits per heavy atom. The fraction of sp³-hybridized carbons (Fsp3) is 0.333. The van der Waals surface area contributed by atoms with Crippen molar-refractivity contribution in [2.45, 2.75) is 33.0 Å². The molecule has 0 bridgehead atoms. The molecule has 1 aliphatic heterocycles. The van der Waals surface area contributed by atoms with E-state index in [1.807, 2.05) is 24.3 Å². The Kier molecular flexibility index (Phi) is 5.34. The third-order valence-electron chi connectivity index (χ3n) is 4.33. The summed E-state index contributed by atoms with van der Waals surface area (Å²) in [6.45, 7) is 5.50. The zero-order chi connectivity index (χ0) is 16.9. The van der Waals surface area contributed by atoms with Gasteiger partial charge >= 0.3 is 0 Å². The fourth-order valence-electron chi connectivity index (χ4n) is 3.17. The van der Waals surface area contributed by atoms with Gasteiger partial charge in [-0.15, -0.1) is 0 Å². The molecular weight excluding hydrogens is 300 g/mol. The van der Waals surface area contributed by atoms with Crippen LogP contribution in [0.15, 0.2) is 48.6 Å². The monoisotopic (exact) mass is 324 g/mol. The standard InChI is InChI=1S/C21H24O3/c1-15-10-20(24-14-19-8-3-4-9-23-19)11-16(2)21(15)18-7-5-6-17(12-18)13-22/h3-7,10-12,19,22H,8-9,13-14H2,1-2H3/t19-/m1/s1. The Bertz CT molecular complexity index is 711. The molecule has 0 saturated heterocycles. The number of aliphatic hydroxyl groups is 1. The maximum absolute atomic E-state index is 9.35. The largest absolute Gasteiger partial charge is 0.491 e. The summed E-state index contributed by atoms with van der Waals surface area (Å²) in [4.78, 5) is 0. The maximum atomic E-state index is 9.35. The molecule has 2 aromatic carbocycles. The molecule has 1 heterocycles. The van der Waals surface area contributed by atoms with Crippen LogP contribution in [-0.4, -0.2) is 24.4 Å². The highest BCUT2D eigenvalue weighted by Gasteiger charge is 2.13. The van der Waals surface area contributed by atoms with Gasteiger partial charge in [0.1, 0.15) is 12.4 Å². The van der Waals surface area contributed by atoms with Crippen LogP contribution in [-0.2, 0) is 11.3 Å². The van der Waals surface area contributed by atoms with Gasteiger partial charge in [-0.1, -0.05) is 30.4 Å². The third-order valence-corrected chi connectivity index (χ3v) is 4.33. The zero-order valence-electron chi connectivity index (χ0n) is 14.3. The Morgan fingerprint density at radius 3 is 2.58 bits per heavy atom. The van der Waals surface area contributed by atoms with Crippen molar-refractivity contribution in [1.29, 1.82) is 0 Å². The quantitative estimate of drug-likeness (QED) is 0.838. The number of aryl methyl sites for hydroxylation is 2. The topological polar surface area (TPSA) is 38.7 Å². The molecule has 0 saturated carbocycles. The number of hydrogen-bond donors (Lipinski definition) is 1. The van der Waals surface area contributed by atoms with Gasteiger partial charge in [-0.2, -0.15) is 0 Å². The second-order valence-corrected chi connectivity index (χ2v) is 6.26. The lowest BCUT2D eigenvalue weighted by Gasteiger charge is -2.20. The van der Waals surface area contributed by atoms with E-state index in [-0.39, 0.29) is 12.7 Å². The van der Waals surface area contributed by atoms with Crippen LogP contribution >= 0.6 is 0 Å². The zero-order valence-corrected chi connectivity index (χ0v) is 14.3. The Labute approximate surface area is 143 Å². The molecule has 0 aliphatic carbocycles. The molecule has 0 radical (unpaired) electrons. The van der Waals surface area contributed by atoms with E-state index in [2.05, 4.69) is 38.1 Å². The minimum atomic E-state index is 0.0585. The van der Waals surface area contributed by atoms with Crippen molar-refractivity contribution in [2.75, 3.05) is 13.2 Å². The molecule has 126 valence electrons. The highest BCUT2D eigenvalue weighted by molar-refractivity contribution is 5.72. The molecule has 2 aromatic rings. The van der Waals surface area contributed by atoms with Gasteiger partial charge in [-0.05, 0) is 66.3 Å². The molecule has 1 N–H and O–H groups in total. The molecule has 24 heavy (non-hydrogen) atoms. The minimum Gasteiger partial charge on any atom is -0.491 e. The lowest BCUT2D eigenvalue weighted by molar-refractivity contribution is 0.0316. The molecule has 0 fully saturated rings. The average molecular weight is 324 g/mol. The fourth-order valence-corrected chi connectivity index (χ4v) is 3.17. The first-order chi connectivity index (χ1) is 11.7. The molecule has 3 nitrogen and oxygen atoms in total. The highest BCUT2D eigenvalue weighted by atomic mass is 16.5. The van der Waals surface area contributed by atoms with Gasteiger partial charge in [0, 0.05) is 0 Å². The molecule has 1 aliphatic rings. The molecule has 0 unspecified atom stereocenters. The summed E-state index contributed by atoms with van der Waals surface area (Å²) in [5.41, 5.74) is 5.60. The van der Waals surface area contributed by atoms with E-state index < -0.39 is 0 Å². The predicted octanol–water partition coefficient (Wildman–Crippen LogP) is 4.19. The van der Waals surface area contributed by atoms with Crippen LogP contribution < -0.4 is 4.74 Å². The number of rotatable bonds is 5. The SMILES string of the molecule is Cc1cc(OC[C@H]2CC=CCO2)cc(C)c1-c1cccc(CO)c1. The Balaban J connectivity index is 1.79. The van der Waals surface area contributed by atoms with Crippen LogP contribution in [0.3, 0.4) is 0 Å². The first kappa shape index (κ1) is 16.7. The van der Waals surface area contributed by atoms with E-state index >= 15 is 0 Å². The normalized spacial score (nSPS) is 17.0. The van der Waals surface area contributed by atoms with Crippen LogP contribution in [0, 0.1) is 13.8 Å². The number of ether oxygens (including phenoxy) is 2. The van der Waals surface area contributed by atoms with E-state index in [0.717, 1.165) is 23.3 Å². The van der Waals surface area contributed by atoms with Crippen LogP contribution in [0.1, 0.15) is 23.1 Å². The Morgan fingerprint density at radius 2 is 1.92 bits per heavy atom. The van der Waals surface area contributed by atoms with Crippen molar-refractivity contribution in [3.05, 3.63) is 65.2 Å². The van der Waals surface area contributed by atoms with Crippen molar-refractivity contribution >= 4 is 0 Å². The van der Waals surface area contributed by atoms with Crippen molar-refractivity contribution in [1.82, 2.24) is 0 Å². The molecule has 3 rings (SSSR count). The number of hydrogen-bond acceptors (Lipinski definition) is 3. The van der Waals surface area contributed by atoms with Crippen LogP contribution in [0.2, 0.25) is 0 Å². The van der Waals surface area contributed by atoms with Crippen molar-refractivity contribution in [2.24, 2.45) is 0 Å². The molecule has 0 aromatic heterocycles. The van der Waals surface area contributed by atoms with Gasteiger partial charge in [0.25, 0.3) is 0 Å². The van der Waals surface area contributed by atoms with E-state index in [1.165, 1.54) is 16.7 Å². The summed E-state index contributed by atoms with van der Waals surface area (Å²) in [5, 5.41) is 9.35. The van der Waals surface area contributed by atoms with Crippen LogP contribution in [0.25, 0.3) is 11.1 Å².